The van der Waals surface area contributed by atoms with Crippen molar-refractivity contribution in [1.29, 1.82) is 0 Å². The zero-order valence-electron chi connectivity index (χ0n) is 12.6. The van der Waals surface area contributed by atoms with E-state index in [9.17, 15) is 0 Å². The first-order valence-corrected chi connectivity index (χ1v) is 8.91. The van der Waals surface area contributed by atoms with Gasteiger partial charge < -0.3 is 4.74 Å². The number of rotatable bonds is 4. The van der Waals surface area contributed by atoms with Crippen LogP contribution in [0.25, 0.3) is 10.8 Å². The van der Waals surface area contributed by atoms with Gasteiger partial charge in [0.1, 0.15) is 0 Å². The Morgan fingerprint density at radius 1 is 1.19 bits per heavy atom. The standard InChI is InChI=1S/C19H23BrO/c1-14-9-10-15-6-2-3-8-17(15)19(14)18(20)12-11-16-7-4-5-13-21-16/h2-3,6,8-10,16,18H,4-5,7,11-13H2,1H3. The average Bonchev–Trinajstić information content (AvgIpc) is 2.53. The van der Waals surface area contributed by atoms with Gasteiger partial charge in [0.2, 0.25) is 0 Å². The second-order valence-electron chi connectivity index (χ2n) is 6.05. The van der Waals surface area contributed by atoms with Crippen LogP contribution in [-0.4, -0.2) is 12.7 Å². The van der Waals surface area contributed by atoms with Gasteiger partial charge in [0, 0.05) is 11.4 Å². The molecule has 1 aliphatic rings. The molecule has 3 rings (SSSR count). The summed E-state index contributed by atoms with van der Waals surface area (Å²) in [5, 5.41) is 2.71. The fourth-order valence-corrected chi connectivity index (χ4v) is 4.20. The zero-order chi connectivity index (χ0) is 14.7. The van der Waals surface area contributed by atoms with Gasteiger partial charge in [-0.05, 0) is 60.9 Å². The summed E-state index contributed by atoms with van der Waals surface area (Å²) in [5.41, 5.74) is 2.82. The maximum absolute atomic E-state index is 5.86. The minimum atomic E-state index is 0.411. The molecule has 0 aliphatic carbocycles. The van der Waals surface area contributed by atoms with Gasteiger partial charge in [0.05, 0.1) is 6.10 Å². The van der Waals surface area contributed by atoms with Crippen molar-refractivity contribution in [3.05, 3.63) is 47.5 Å². The predicted octanol–water partition coefficient (Wildman–Crippen LogP) is 5.93. The second-order valence-corrected chi connectivity index (χ2v) is 7.16. The van der Waals surface area contributed by atoms with E-state index in [0.717, 1.165) is 19.4 Å². The van der Waals surface area contributed by atoms with E-state index in [1.807, 2.05) is 0 Å². The molecule has 0 spiro atoms. The number of benzene rings is 2. The maximum atomic E-state index is 5.86. The highest BCUT2D eigenvalue weighted by Gasteiger charge is 2.18. The number of hydrogen-bond donors (Lipinski definition) is 0. The lowest BCUT2D eigenvalue weighted by molar-refractivity contribution is 0.0102. The van der Waals surface area contributed by atoms with E-state index >= 15 is 0 Å². The Balaban J connectivity index is 1.77. The van der Waals surface area contributed by atoms with Crippen molar-refractivity contribution in [1.82, 2.24) is 0 Å². The molecule has 0 aromatic heterocycles. The van der Waals surface area contributed by atoms with Crippen molar-refractivity contribution in [2.45, 2.75) is 50.0 Å². The highest BCUT2D eigenvalue weighted by molar-refractivity contribution is 9.09. The van der Waals surface area contributed by atoms with Gasteiger partial charge in [-0.1, -0.05) is 52.3 Å². The zero-order valence-corrected chi connectivity index (χ0v) is 14.2. The van der Waals surface area contributed by atoms with Crippen LogP contribution >= 0.6 is 15.9 Å². The van der Waals surface area contributed by atoms with E-state index in [4.69, 9.17) is 4.74 Å². The molecule has 112 valence electrons. The summed E-state index contributed by atoms with van der Waals surface area (Å²) in [6.07, 6.45) is 6.54. The van der Waals surface area contributed by atoms with Crippen molar-refractivity contribution < 1.29 is 4.74 Å². The van der Waals surface area contributed by atoms with Crippen LogP contribution < -0.4 is 0 Å². The molecule has 2 heteroatoms. The first kappa shape index (κ1) is 15.1. The molecule has 0 amide bonds. The first-order valence-electron chi connectivity index (χ1n) is 7.99. The molecule has 2 atom stereocenters. The van der Waals surface area contributed by atoms with Crippen LogP contribution in [-0.2, 0) is 4.74 Å². The summed E-state index contributed by atoms with van der Waals surface area (Å²) in [6, 6.07) is 13.1. The van der Waals surface area contributed by atoms with Gasteiger partial charge in [-0.15, -0.1) is 0 Å². The lowest BCUT2D eigenvalue weighted by atomic mass is 9.94. The molecule has 0 bridgehead atoms. The predicted molar refractivity (Wildman–Crippen MR) is 93.2 cm³/mol. The molecule has 1 nitrogen and oxygen atoms in total. The Hall–Kier alpha value is -0.860. The monoisotopic (exact) mass is 346 g/mol. The second kappa shape index (κ2) is 6.93. The van der Waals surface area contributed by atoms with Crippen LogP contribution in [0.4, 0.5) is 0 Å². The van der Waals surface area contributed by atoms with Gasteiger partial charge >= 0.3 is 0 Å². The third-order valence-corrected chi connectivity index (χ3v) is 5.43. The first-order chi connectivity index (χ1) is 10.3. The van der Waals surface area contributed by atoms with Crippen LogP contribution in [0.1, 0.15) is 48.1 Å². The lowest BCUT2D eigenvalue weighted by Gasteiger charge is -2.24. The number of hydrogen-bond acceptors (Lipinski definition) is 1. The normalized spacial score (nSPS) is 20.6. The average molecular weight is 347 g/mol. The highest BCUT2D eigenvalue weighted by atomic mass is 79.9. The van der Waals surface area contributed by atoms with E-state index in [0.29, 0.717) is 10.9 Å². The molecule has 1 heterocycles. The number of aryl methyl sites for hydroxylation is 1. The number of alkyl halides is 1. The minimum absolute atomic E-state index is 0.411. The molecule has 21 heavy (non-hydrogen) atoms. The van der Waals surface area contributed by atoms with E-state index in [1.54, 1.807) is 0 Å². The lowest BCUT2D eigenvalue weighted by Crippen LogP contribution is -2.19. The van der Waals surface area contributed by atoms with Gasteiger partial charge in [-0.3, -0.25) is 0 Å². The molecular weight excluding hydrogens is 324 g/mol. The third kappa shape index (κ3) is 3.49. The van der Waals surface area contributed by atoms with Crippen molar-refractivity contribution in [2.75, 3.05) is 6.61 Å². The Morgan fingerprint density at radius 2 is 2.05 bits per heavy atom. The van der Waals surface area contributed by atoms with Crippen molar-refractivity contribution >= 4 is 26.7 Å². The third-order valence-electron chi connectivity index (χ3n) is 4.52. The van der Waals surface area contributed by atoms with E-state index in [-0.39, 0.29) is 0 Å². The van der Waals surface area contributed by atoms with Gasteiger partial charge in [-0.2, -0.15) is 0 Å². The Morgan fingerprint density at radius 3 is 2.86 bits per heavy atom. The summed E-state index contributed by atoms with van der Waals surface area (Å²) in [7, 11) is 0. The summed E-state index contributed by atoms with van der Waals surface area (Å²) in [5.74, 6) is 0. The van der Waals surface area contributed by atoms with Crippen LogP contribution in [0, 0.1) is 6.92 Å². The fraction of sp³-hybridized carbons (Fsp3) is 0.474. The molecule has 2 aromatic rings. The number of halogens is 1. The minimum Gasteiger partial charge on any atom is -0.378 e. The Labute approximate surface area is 135 Å². The van der Waals surface area contributed by atoms with Gasteiger partial charge in [-0.25, -0.2) is 0 Å². The quantitative estimate of drug-likeness (QED) is 0.623. The van der Waals surface area contributed by atoms with E-state index in [1.165, 1.54) is 41.2 Å². The topological polar surface area (TPSA) is 9.23 Å². The molecule has 0 radical (unpaired) electrons. The smallest absolute Gasteiger partial charge is 0.0575 e. The van der Waals surface area contributed by atoms with Gasteiger partial charge in [0.25, 0.3) is 0 Å². The SMILES string of the molecule is Cc1ccc2ccccc2c1C(Br)CCC1CCCCO1. The Bertz CT molecular complexity index is 602. The van der Waals surface area contributed by atoms with E-state index < -0.39 is 0 Å². The molecule has 1 aliphatic heterocycles. The summed E-state index contributed by atoms with van der Waals surface area (Å²) < 4.78 is 5.86. The molecule has 0 N–H and O–H groups in total. The molecule has 0 saturated carbocycles. The fourth-order valence-electron chi connectivity index (χ4n) is 3.33. The molecule has 1 fully saturated rings. The number of ether oxygens (including phenoxy) is 1. The molecule has 1 saturated heterocycles. The van der Waals surface area contributed by atoms with E-state index in [2.05, 4.69) is 59.3 Å². The van der Waals surface area contributed by atoms with Crippen molar-refractivity contribution in [3.63, 3.8) is 0 Å². The summed E-state index contributed by atoms with van der Waals surface area (Å²) in [6.45, 7) is 3.16. The van der Waals surface area contributed by atoms with Crippen LogP contribution in [0.3, 0.4) is 0 Å². The van der Waals surface area contributed by atoms with Gasteiger partial charge in [0.15, 0.2) is 0 Å². The van der Waals surface area contributed by atoms with Crippen molar-refractivity contribution in [3.8, 4) is 0 Å². The van der Waals surface area contributed by atoms with Crippen molar-refractivity contribution in [2.24, 2.45) is 0 Å². The van der Waals surface area contributed by atoms with Crippen LogP contribution in [0.5, 0.6) is 0 Å². The highest BCUT2D eigenvalue weighted by Crippen LogP contribution is 2.36. The number of fused-ring (bicyclic) bond motifs is 1. The van der Waals surface area contributed by atoms with Crippen LogP contribution in [0.15, 0.2) is 36.4 Å². The summed E-state index contributed by atoms with van der Waals surface area (Å²) >= 11 is 3.93. The molecule has 2 unspecified atom stereocenters. The van der Waals surface area contributed by atoms with Crippen LogP contribution in [0.2, 0.25) is 0 Å². The largest absolute Gasteiger partial charge is 0.378 e. The Kier molecular flexibility index (Phi) is 4.97. The molecular formula is C19H23BrO. The molecule has 2 aromatic carbocycles. The summed E-state index contributed by atoms with van der Waals surface area (Å²) in [4.78, 5) is 0.411. The maximum Gasteiger partial charge on any atom is 0.0575 e.